The second kappa shape index (κ2) is 11.8. The summed E-state index contributed by atoms with van der Waals surface area (Å²) >= 11 is 0. The summed E-state index contributed by atoms with van der Waals surface area (Å²) in [5.41, 5.74) is 15.0. The minimum atomic E-state index is -0.0572. The highest BCUT2D eigenvalue weighted by molar-refractivity contribution is 6.33. The lowest BCUT2D eigenvalue weighted by atomic mass is 9.57. The first-order valence-electron chi connectivity index (χ1n) is 24.0. The molecule has 0 radical (unpaired) electrons. The van der Waals surface area contributed by atoms with Crippen molar-refractivity contribution in [2.75, 3.05) is 0 Å². The molecule has 0 N–H and O–H groups in total. The maximum atomic E-state index is 11.4. The molecule has 59 heavy (non-hydrogen) atoms. The van der Waals surface area contributed by atoms with Gasteiger partial charge in [-0.15, -0.1) is 0 Å². The van der Waals surface area contributed by atoms with Crippen molar-refractivity contribution in [2.45, 2.75) is 202 Å². The predicted octanol–water partition coefficient (Wildman–Crippen LogP) is 15.2. The first-order chi connectivity index (χ1) is 28.3. The lowest BCUT2D eigenvalue weighted by molar-refractivity contribution is 0.272. The van der Waals surface area contributed by atoms with Gasteiger partial charge in [0.1, 0.15) is 0 Å². The van der Waals surface area contributed by atoms with Gasteiger partial charge in [-0.25, -0.2) is 0 Å². The summed E-state index contributed by atoms with van der Waals surface area (Å²) in [6, 6.07) is 18.4. The van der Waals surface area contributed by atoms with Crippen molar-refractivity contribution in [2.24, 2.45) is 0 Å². The highest BCUT2D eigenvalue weighted by Crippen LogP contribution is 2.65. The molecule has 4 fully saturated rings. The summed E-state index contributed by atoms with van der Waals surface area (Å²) in [6.07, 6.45) is 25.0. The topological polar surface area (TPSA) is 52.0 Å². The molecule has 4 spiro atoms. The van der Waals surface area contributed by atoms with Crippen molar-refractivity contribution in [3.63, 3.8) is 0 Å². The number of fused-ring (bicyclic) bond motifs is 16. The summed E-state index contributed by atoms with van der Waals surface area (Å²) in [7, 11) is 0. The molecule has 3 heteroatoms. The predicted molar refractivity (Wildman–Crippen MR) is 244 cm³/mol. The molecule has 4 aromatic carbocycles. The normalized spacial score (nSPS) is 22.9. The lowest BCUT2D eigenvalue weighted by Crippen LogP contribution is -2.39. The SMILES string of the molecule is CC(C)(C)c1cc(C(C)(C)C)c2cc3c4c5c(c(C#N)cc4n4c6cc(C#N)c7c(c6c(c2c1)c34)C1(CCCC1)CCC71CCCC1)C1(CCCC1)CCC51CCCC1. The Hall–Kier alpha value is -4.08. The summed E-state index contributed by atoms with van der Waals surface area (Å²) in [5.74, 6) is 0. The van der Waals surface area contributed by atoms with Gasteiger partial charge in [0, 0.05) is 21.5 Å². The Morgan fingerprint density at radius 3 is 1.29 bits per heavy atom. The maximum absolute atomic E-state index is 11.4. The van der Waals surface area contributed by atoms with Crippen LogP contribution in [0.15, 0.2) is 30.3 Å². The fourth-order valence-corrected chi connectivity index (χ4v) is 15.8. The fraction of sp³-hybridized carbons (Fsp3) is 0.571. The van der Waals surface area contributed by atoms with Gasteiger partial charge in [-0.3, -0.25) is 0 Å². The van der Waals surface area contributed by atoms with Crippen molar-refractivity contribution in [3.8, 4) is 12.1 Å². The molecular weight excluding hydrogens is 715 g/mol. The van der Waals surface area contributed by atoms with Gasteiger partial charge in [0.05, 0.1) is 39.8 Å². The van der Waals surface area contributed by atoms with E-state index in [0.29, 0.717) is 0 Å². The molecule has 4 saturated carbocycles. The van der Waals surface area contributed by atoms with Gasteiger partial charge >= 0.3 is 0 Å². The zero-order chi connectivity index (χ0) is 40.5. The lowest BCUT2D eigenvalue weighted by Gasteiger charge is -2.47. The number of nitrogens with zero attached hydrogens (tertiary/aromatic N) is 3. The van der Waals surface area contributed by atoms with Crippen molar-refractivity contribution >= 4 is 48.9 Å². The Morgan fingerprint density at radius 1 is 0.441 bits per heavy atom. The largest absolute Gasteiger partial charge is 0.308 e. The Balaban J connectivity index is 1.39. The fourth-order valence-electron chi connectivity index (χ4n) is 15.8. The molecule has 2 aromatic heterocycles. The average Bonchev–Trinajstić information content (AvgIpc) is 4.08. The van der Waals surface area contributed by atoms with Crippen LogP contribution in [0.3, 0.4) is 0 Å². The van der Waals surface area contributed by atoms with Gasteiger partial charge < -0.3 is 4.40 Å². The van der Waals surface area contributed by atoms with Gasteiger partial charge in [0.2, 0.25) is 0 Å². The van der Waals surface area contributed by atoms with E-state index >= 15 is 0 Å². The zero-order valence-electron chi connectivity index (χ0n) is 36.9. The van der Waals surface area contributed by atoms with E-state index in [0.717, 1.165) is 11.1 Å². The van der Waals surface area contributed by atoms with Gasteiger partial charge in [0.25, 0.3) is 0 Å². The van der Waals surface area contributed by atoms with Gasteiger partial charge in [-0.1, -0.05) is 99.0 Å². The molecule has 6 aliphatic rings. The van der Waals surface area contributed by atoms with Crippen molar-refractivity contribution < 1.29 is 0 Å². The quantitative estimate of drug-likeness (QED) is 0.154. The van der Waals surface area contributed by atoms with Crippen LogP contribution in [0.1, 0.15) is 214 Å². The maximum Gasteiger partial charge on any atom is 0.0995 e. The Bertz CT molecular complexity index is 2880. The number of benzene rings is 4. The van der Waals surface area contributed by atoms with Crippen LogP contribution in [0, 0.1) is 22.7 Å². The van der Waals surface area contributed by atoms with E-state index in [-0.39, 0.29) is 32.5 Å². The molecule has 0 unspecified atom stereocenters. The molecule has 2 heterocycles. The summed E-state index contributed by atoms with van der Waals surface area (Å²) in [6.45, 7) is 14.4. The minimum Gasteiger partial charge on any atom is -0.308 e. The molecule has 0 atom stereocenters. The molecule has 0 saturated heterocycles. The van der Waals surface area contributed by atoms with E-state index in [2.05, 4.69) is 88.4 Å². The first kappa shape index (κ1) is 36.7. The van der Waals surface area contributed by atoms with Crippen LogP contribution in [0.2, 0.25) is 0 Å². The van der Waals surface area contributed by atoms with Gasteiger partial charge in [0.15, 0.2) is 0 Å². The Kier molecular flexibility index (Phi) is 7.38. The molecule has 3 nitrogen and oxygen atoms in total. The average molecular weight is 778 g/mol. The van der Waals surface area contributed by atoms with E-state index in [1.54, 1.807) is 11.1 Å². The van der Waals surface area contributed by atoms with Crippen LogP contribution in [-0.2, 0) is 32.5 Å². The molecule has 0 amide bonds. The third-order valence-corrected chi connectivity index (χ3v) is 18.5. The van der Waals surface area contributed by atoms with Crippen molar-refractivity contribution in [1.82, 2.24) is 4.40 Å². The highest BCUT2D eigenvalue weighted by Gasteiger charge is 2.54. The van der Waals surface area contributed by atoms with E-state index < -0.39 is 0 Å². The Morgan fingerprint density at radius 2 is 0.864 bits per heavy atom. The molecule has 302 valence electrons. The third-order valence-electron chi connectivity index (χ3n) is 18.5. The second-order valence-corrected chi connectivity index (χ2v) is 23.4. The number of hydrogen-bond donors (Lipinski definition) is 0. The standard InChI is InChI=1S/C56H63N3/c1-51(2,3)36-29-38-37(40(30-36)52(4,5)6)31-39-43-41(27-34(32-57)46-48(43)55(19-11-12-20-55)25-23-53(46)15-7-8-16-53)59-42-28-35(33-58)47-49(45(42)44(38)50(39)59)56(21-13-14-22-56)26-24-54(47)17-9-10-18-54/h27-31H,7-26H2,1-6H3. The summed E-state index contributed by atoms with van der Waals surface area (Å²) < 4.78 is 2.65. The monoisotopic (exact) mass is 778 g/mol. The minimum absolute atomic E-state index is 0.0140. The summed E-state index contributed by atoms with van der Waals surface area (Å²) in [4.78, 5) is 0. The number of aromatic nitrogens is 1. The molecule has 12 rings (SSSR count). The number of rotatable bonds is 0. The highest BCUT2D eigenvalue weighted by atomic mass is 14.9. The second-order valence-electron chi connectivity index (χ2n) is 23.4. The van der Waals surface area contributed by atoms with Crippen LogP contribution in [0.4, 0.5) is 0 Å². The number of nitriles is 2. The molecular formula is C56H63N3. The van der Waals surface area contributed by atoms with Crippen molar-refractivity contribution in [3.05, 3.63) is 74.8 Å². The van der Waals surface area contributed by atoms with Crippen LogP contribution >= 0.6 is 0 Å². The first-order valence-corrected chi connectivity index (χ1v) is 24.0. The van der Waals surface area contributed by atoms with Gasteiger partial charge in [-0.05, 0) is 178 Å². The number of hydrogen-bond acceptors (Lipinski definition) is 2. The van der Waals surface area contributed by atoms with Crippen LogP contribution < -0.4 is 0 Å². The van der Waals surface area contributed by atoms with E-state index in [1.807, 2.05) is 0 Å². The molecule has 0 bridgehead atoms. The van der Waals surface area contributed by atoms with Crippen LogP contribution in [0.5, 0.6) is 0 Å². The van der Waals surface area contributed by atoms with Gasteiger partial charge in [-0.2, -0.15) is 10.5 Å². The van der Waals surface area contributed by atoms with Crippen LogP contribution in [-0.4, -0.2) is 4.40 Å². The third kappa shape index (κ3) is 4.59. The molecule has 6 aliphatic carbocycles. The van der Waals surface area contributed by atoms with Crippen LogP contribution in [0.25, 0.3) is 48.9 Å². The van der Waals surface area contributed by atoms with E-state index in [4.69, 9.17) is 0 Å². The Labute approximate surface area is 351 Å². The van der Waals surface area contributed by atoms with E-state index in [1.165, 1.54) is 200 Å². The zero-order valence-corrected chi connectivity index (χ0v) is 36.9. The molecule has 6 aromatic rings. The summed E-state index contributed by atoms with van der Waals surface area (Å²) in [5, 5.41) is 31.3. The van der Waals surface area contributed by atoms with Crippen molar-refractivity contribution in [1.29, 1.82) is 10.5 Å². The molecule has 0 aliphatic heterocycles. The van der Waals surface area contributed by atoms with E-state index in [9.17, 15) is 10.5 Å². The smallest absolute Gasteiger partial charge is 0.0995 e.